The lowest BCUT2D eigenvalue weighted by Crippen LogP contribution is -2.40. The average Bonchev–Trinajstić information content (AvgIpc) is 3.22. The van der Waals surface area contributed by atoms with Gasteiger partial charge in [-0.25, -0.2) is 28.2 Å². The number of nitrogens with two attached hydrogens (primary N) is 1. The highest BCUT2D eigenvalue weighted by Gasteiger charge is 2.56. The van der Waals surface area contributed by atoms with Gasteiger partial charge in [0, 0.05) is 19.1 Å². The van der Waals surface area contributed by atoms with E-state index in [0.717, 1.165) is 6.33 Å². The molecule has 2 aromatic heterocycles. The SMILES string of the molecule is C#C[C@]1(OP(=O)(OC)OP(=O)(O)OP(=O)(O)O)O[C@@H](c2cnn3c(N)ncnc23)C[C@@H]1O. The first-order valence-electron chi connectivity index (χ1n) is 8.18. The molecule has 1 fully saturated rings. The first kappa shape index (κ1) is 24.9. The molecular weight excluding hydrogens is 499 g/mol. The molecule has 32 heavy (non-hydrogen) atoms. The van der Waals surface area contributed by atoms with Crippen LogP contribution in [0.3, 0.4) is 0 Å². The molecule has 5 atom stereocenters. The van der Waals surface area contributed by atoms with Gasteiger partial charge in [0.25, 0.3) is 5.79 Å². The summed E-state index contributed by atoms with van der Waals surface area (Å²) in [6.07, 6.45) is 4.84. The minimum atomic E-state index is -5.70. The highest BCUT2D eigenvalue weighted by atomic mass is 31.3. The molecule has 0 saturated carbocycles. The van der Waals surface area contributed by atoms with E-state index in [1.54, 1.807) is 0 Å². The minimum absolute atomic E-state index is 0.000275. The molecule has 1 saturated heterocycles. The molecule has 2 unspecified atom stereocenters. The van der Waals surface area contributed by atoms with Crippen LogP contribution in [0, 0.1) is 12.3 Å². The zero-order valence-corrected chi connectivity index (χ0v) is 18.5. The van der Waals surface area contributed by atoms with Crippen molar-refractivity contribution >= 4 is 35.1 Å². The Morgan fingerprint density at radius 3 is 2.59 bits per heavy atom. The van der Waals surface area contributed by atoms with Gasteiger partial charge in [0.1, 0.15) is 12.4 Å². The van der Waals surface area contributed by atoms with Crippen molar-refractivity contribution in [1.29, 1.82) is 0 Å². The van der Waals surface area contributed by atoms with E-state index in [1.165, 1.54) is 10.7 Å². The number of phosphoric ester groups is 1. The molecule has 1 aliphatic heterocycles. The summed E-state index contributed by atoms with van der Waals surface area (Å²) >= 11 is 0. The molecule has 0 aliphatic carbocycles. The molecule has 3 heterocycles. The van der Waals surface area contributed by atoms with Gasteiger partial charge in [-0.2, -0.15) is 18.2 Å². The number of hydrogen-bond donors (Lipinski definition) is 5. The lowest BCUT2D eigenvalue weighted by molar-refractivity contribution is -0.176. The van der Waals surface area contributed by atoms with Crippen molar-refractivity contribution < 1.29 is 55.9 Å². The topological polar surface area (TPSA) is 247 Å². The monoisotopic (exact) mass is 515 g/mol. The van der Waals surface area contributed by atoms with Crippen LogP contribution in [0.4, 0.5) is 5.95 Å². The molecular formula is C12H16N5O12P3. The molecule has 0 aromatic carbocycles. The van der Waals surface area contributed by atoms with Crippen molar-refractivity contribution in [2.75, 3.05) is 12.8 Å². The number of nitrogen functional groups attached to an aromatic ring is 1. The lowest BCUT2D eigenvalue weighted by Gasteiger charge is -2.29. The predicted molar refractivity (Wildman–Crippen MR) is 101 cm³/mol. The zero-order valence-electron chi connectivity index (χ0n) is 15.9. The van der Waals surface area contributed by atoms with Crippen LogP contribution in [-0.2, 0) is 36.1 Å². The van der Waals surface area contributed by atoms with E-state index in [0.29, 0.717) is 7.11 Å². The lowest BCUT2D eigenvalue weighted by atomic mass is 10.1. The summed E-state index contributed by atoms with van der Waals surface area (Å²) in [4.78, 5) is 34.6. The summed E-state index contributed by atoms with van der Waals surface area (Å²) in [5.74, 6) is -0.625. The highest BCUT2D eigenvalue weighted by Crippen LogP contribution is 2.69. The van der Waals surface area contributed by atoms with E-state index in [2.05, 4.69) is 28.2 Å². The highest BCUT2D eigenvalue weighted by molar-refractivity contribution is 7.66. The van der Waals surface area contributed by atoms with Gasteiger partial charge in [-0.3, -0.25) is 4.52 Å². The van der Waals surface area contributed by atoms with Crippen LogP contribution in [-0.4, -0.2) is 58.4 Å². The molecule has 3 rings (SSSR count). The fourth-order valence-corrected chi connectivity index (χ4v) is 6.23. The van der Waals surface area contributed by atoms with E-state index < -0.39 is 41.5 Å². The predicted octanol–water partition coefficient (Wildman–Crippen LogP) is -0.144. The van der Waals surface area contributed by atoms with Gasteiger partial charge >= 0.3 is 23.5 Å². The Balaban J connectivity index is 1.89. The van der Waals surface area contributed by atoms with Gasteiger partial charge < -0.3 is 30.3 Å². The van der Waals surface area contributed by atoms with Crippen LogP contribution in [0.1, 0.15) is 18.1 Å². The number of phosphoric acid groups is 3. The second kappa shape index (κ2) is 8.54. The quantitative estimate of drug-likeness (QED) is 0.227. The molecule has 17 nitrogen and oxygen atoms in total. The van der Waals surface area contributed by atoms with Crippen molar-refractivity contribution in [2.45, 2.75) is 24.4 Å². The molecule has 20 heteroatoms. The zero-order chi connectivity index (χ0) is 23.9. The molecule has 1 aliphatic rings. The Bertz CT molecular complexity index is 1210. The van der Waals surface area contributed by atoms with Crippen LogP contribution in [0.5, 0.6) is 0 Å². The number of anilines is 1. The van der Waals surface area contributed by atoms with Crippen molar-refractivity contribution in [3.05, 3.63) is 18.1 Å². The van der Waals surface area contributed by atoms with E-state index >= 15 is 0 Å². The summed E-state index contributed by atoms with van der Waals surface area (Å²) in [6, 6.07) is 0. The maximum atomic E-state index is 12.7. The summed E-state index contributed by atoms with van der Waals surface area (Å²) in [7, 11) is -15.8. The van der Waals surface area contributed by atoms with Crippen molar-refractivity contribution in [1.82, 2.24) is 19.6 Å². The molecule has 0 spiro atoms. The number of nitrogens with zero attached hydrogens (tertiary/aromatic N) is 4. The van der Waals surface area contributed by atoms with Crippen molar-refractivity contribution in [2.24, 2.45) is 0 Å². The van der Waals surface area contributed by atoms with E-state index in [1.807, 2.05) is 5.92 Å². The van der Waals surface area contributed by atoms with Crippen molar-refractivity contribution in [3.63, 3.8) is 0 Å². The van der Waals surface area contributed by atoms with Gasteiger partial charge in [-0.05, 0) is 5.92 Å². The third-order valence-electron chi connectivity index (χ3n) is 3.98. The van der Waals surface area contributed by atoms with Crippen LogP contribution in [0.25, 0.3) is 5.65 Å². The summed E-state index contributed by atoms with van der Waals surface area (Å²) in [5.41, 5.74) is 6.17. The van der Waals surface area contributed by atoms with E-state index in [9.17, 15) is 23.7 Å². The second-order valence-electron chi connectivity index (χ2n) is 6.08. The fraction of sp³-hybridized carbons (Fsp3) is 0.417. The van der Waals surface area contributed by atoms with E-state index in [-0.39, 0.29) is 23.6 Å². The van der Waals surface area contributed by atoms with Gasteiger partial charge in [0.15, 0.2) is 5.65 Å². The molecule has 6 N–H and O–H groups in total. The van der Waals surface area contributed by atoms with Crippen LogP contribution in [0.2, 0.25) is 0 Å². The maximum Gasteiger partial charge on any atom is 0.490 e. The van der Waals surface area contributed by atoms with Crippen molar-refractivity contribution in [3.8, 4) is 12.3 Å². The summed E-state index contributed by atoms with van der Waals surface area (Å²) in [5, 5.41) is 14.5. The molecule has 0 radical (unpaired) electrons. The van der Waals surface area contributed by atoms with Gasteiger partial charge in [-0.1, -0.05) is 0 Å². The van der Waals surface area contributed by atoms with Gasteiger partial charge in [-0.15, -0.1) is 6.42 Å². The van der Waals surface area contributed by atoms with Crippen LogP contribution < -0.4 is 5.73 Å². The number of aliphatic hydroxyl groups is 1. The molecule has 176 valence electrons. The fourth-order valence-electron chi connectivity index (χ4n) is 2.73. The Hall–Kier alpha value is -1.76. The number of hydrogen-bond acceptors (Lipinski definition) is 13. The number of rotatable bonds is 8. The Morgan fingerprint density at radius 2 is 2.00 bits per heavy atom. The Kier molecular flexibility index (Phi) is 6.64. The summed E-state index contributed by atoms with van der Waals surface area (Å²) < 4.78 is 59.2. The average molecular weight is 515 g/mol. The largest absolute Gasteiger partial charge is 0.490 e. The molecule has 0 bridgehead atoms. The standard InChI is InChI=1S/C12H16N5O12P3/c1-3-12(27-32(24,25-2)29-31(22,23)28-30(19,20)21)9(18)4-8(26-12)7-5-16-17-10(7)14-6-15-11(17)13/h1,5-6,8-9,18H,4H2,2H3,(H,22,23)(H2,13,14,15)(H2,19,20,21)/t8-,9+,12-,32?/m1/s1. The number of fused-ring (bicyclic) bond motifs is 1. The third kappa shape index (κ3) is 5.08. The number of terminal acetylenes is 1. The summed E-state index contributed by atoms with van der Waals surface area (Å²) in [6.45, 7) is 0. The van der Waals surface area contributed by atoms with Crippen LogP contribution >= 0.6 is 23.5 Å². The molecule has 2 aromatic rings. The smallest absolute Gasteiger partial charge is 0.386 e. The van der Waals surface area contributed by atoms with E-state index in [4.69, 9.17) is 31.2 Å². The minimum Gasteiger partial charge on any atom is -0.386 e. The Labute approximate surface area is 178 Å². The number of aliphatic hydroxyl groups excluding tert-OH is 1. The molecule has 0 amide bonds. The maximum absolute atomic E-state index is 12.7. The van der Waals surface area contributed by atoms with Crippen LogP contribution in [0.15, 0.2) is 12.5 Å². The first-order valence-corrected chi connectivity index (χ1v) is 12.7. The Morgan fingerprint density at radius 1 is 1.31 bits per heavy atom. The first-order chi connectivity index (χ1) is 14.7. The number of aromatic nitrogens is 4. The third-order valence-corrected chi connectivity index (χ3v) is 8.23. The second-order valence-corrected chi connectivity index (χ2v) is 10.7. The normalized spacial score (nSPS) is 27.6. The number of ether oxygens (including phenoxy) is 1. The van der Waals surface area contributed by atoms with Gasteiger partial charge in [0.05, 0.1) is 12.3 Å². The van der Waals surface area contributed by atoms with Gasteiger partial charge in [0.2, 0.25) is 5.95 Å².